The van der Waals surface area contributed by atoms with Crippen molar-refractivity contribution in [3.8, 4) is 34.2 Å². The van der Waals surface area contributed by atoms with Crippen molar-refractivity contribution < 1.29 is 0 Å². The van der Waals surface area contributed by atoms with E-state index in [0.29, 0.717) is 5.95 Å². The molecule has 0 saturated heterocycles. The molecule has 5 heteroatoms. The van der Waals surface area contributed by atoms with Gasteiger partial charge in [0, 0.05) is 63.9 Å². The van der Waals surface area contributed by atoms with Gasteiger partial charge in [-0.15, -0.1) is 11.3 Å². The predicted octanol–water partition coefficient (Wildman–Crippen LogP) is 14.1. The summed E-state index contributed by atoms with van der Waals surface area (Å²) >= 11 is 1.83. The first-order chi connectivity index (χ1) is 28.3. The lowest BCUT2D eigenvalue weighted by molar-refractivity contribution is 0.996. The molecule has 0 aliphatic heterocycles. The Balaban J connectivity index is 1.19. The first kappa shape index (κ1) is 30.9. The molecule has 0 spiro atoms. The van der Waals surface area contributed by atoms with E-state index in [2.05, 4.69) is 191 Å². The van der Waals surface area contributed by atoms with E-state index < -0.39 is 0 Å². The molecule has 0 radical (unpaired) electrons. The lowest BCUT2D eigenvalue weighted by Gasteiger charge is -2.13. The first-order valence-corrected chi connectivity index (χ1v) is 20.2. The molecule has 0 unspecified atom stereocenters. The topological polar surface area (TPSA) is 35.6 Å². The number of thiophene rings is 1. The molecule has 0 N–H and O–H groups in total. The second-order valence-electron chi connectivity index (χ2n) is 14.9. The number of benzene rings is 9. The number of hydrogen-bond donors (Lipinski definition) is 0. The minimum atomic E-state index is 0.646. The van der Waals surface area contributed by atoms with E-state index in [0.717, 1.165) is 39.2 Å². The van der Waals surface area contributed by atoms with Crippen LogP contribution in [-0.4, -0.2) is 19.1 Å². The van der Waals surface area contributed by atoms with E-state index in [9.17, 15) is 0 Å². The van der Waals surface area contributed by atoms with Crippen LogP contribution in [0.4, 0.5) is 0 Å². The van der Waals surface area contributed by atoms with Crippen molar-refractivity contribution in [1.29, 1.82) is 0 Å². The first-order valence-electron chi connectivity index (χ1n) is 19.3. The summed E-state index contributed by atoms with van der Waals surface area (Å²) in [5.41, 5.74) is 9.55. The molecule has 0 aliphatic rings. The molecule has 4 nitrogen and oxygen atoms in total. The summed E-state index contributed by atoms with van der Waals surface area (Å²) < 4.78 is 7.29. The summed E-state index contributed by atoms with van der Waals surface area (Å²) in [7, 11) is 0. The van der Waals surface area contributed by atoms with Crippen molar-refractivity contribution in [2.75, 3.05) is 0 Å². The number of para-hydroxylation sites is 2. The van der Waals surface area contributed by atoms with Gasteiger partial charge in [-0.2, -0.15) is 0 Å². The molecule has 13 aromatic rings. The maximum Gasteiger partial charge on any atom is 0.235 e. The zero-order valence-corrected chi connectivity index (χ0v) is 31.3. The summed E-state index contributed by atoms with van der Waals surface area (Å²) in [4.78, 5) is 10.9. The molecule has 0 aliphatic carbocycles. The van der Waals surface area contributed by atoms with Crippen molar-refractivity contribution in [2.24, 2.45) is 0 Å². The fourth-order valence-electron chi connectivity index (χ4n) is 9.49. The molecule has 0 amide bonds. The highest BCUT2D eigenvalue weighted by atomic mass is 32.1. The van der Waals surface area contributed by atoms with E-state index in [-0.39, 0.29) is 0 Å². The van der Waals surface area contributed by atoms with E-state index in [4.69, 9.17) is 9.97 Å². The molecule has 13 rings (SSSR count). The fourth-order valence-corrected chi connectivity index (χ4v) is 10.6. The minimum absolute atomic E-state index is 0.646. The van der Waals surface area contributed by atoms with Gasteiger partial charge in [0.15, 0.2) is 0 Å². The van der Waals surface area contributed by atoms with Crippen molar-refractivity contribution in [3.05, 3.63) is 182 Å². The molecule has 0 saturated carbocycles. The van der Waals surface area contributed by atoms with E-state index in [1.54, 1.807) is 0 Å². The van der Waals surface area contributed by atoms with Gasteiger partial charge in [0.2, 0.25) is 5.95 Å². The molecular weight excluding hydrogens is 713 g/mol. The lowest BCUT2D eigenvalue weighted by atomic mass is 9.92. The molecule has 4 heterocycles. The Bertz CT molecular complexity index is 3740. The van der Waals surface area contributed by atoms with Gasteiger partial charge in [0.05, 0.1) is 33.5 Å². The molecule has 0 atom stereocenters. The monoisotopic (exact) mass is 742 g/mol. The maximum absolute atomic E-state index is 5.50. The van der Waals surface area contributed by atoms with Gasteiger partial charge in [0.1, 0.15) is 0 Å². The van der Waals surface area contributed by atoms with Gasteiger partial charge in [0.25, 0.3) is 0 Å². The van der Waals surface area contributed by atoms with Crippen molar-refractivity contribution in [3.63, 3.8) is 0 Å². The van der Waals surface area contributed by atoms with Crippen LogP contribution in [0.5, 0.6) is 0 Å². The summed E-state index contributed by atoms with van der Waals surface area (Å²) in [6, 6.07) is 65.7. The van der Waals surface area contributed by atoms with Crippen LogP contribution < -0.4 is 0 Å². The summed E-state index contributed by atoms with van der Waals surface area (Å²) in [6.45, 7) is 0. The Kier molecular flexibility index (Phi) is 6.29. The van der Waals surface area contributed by atoms with Crippen LogP contribution in [-0.2, 0) is 0 Å². The van der Waals surface area contributed by atoms with Crippen molar-refractivity contribution in [2.45, 2.75) is 0 Å². The zero-order valence-electron chi connectivity index (χ0n) is 30.5. The van der Waals surface area contributed by atoms with Crippen molar-refractivity contribution in [1.82, 2.24) is 19.1 Å². The average molecular weight is 743 g/mol. The van der Waals surface area contributed by atoms with Crippen molar-refractivity contribution >= 4 is 96.7 Å². The molecular formula is C52H30N4S. The van der Waals surface area contributed by atoms with Crippen LogP contribution in [0, 0.1) is 0 Å². The van der Waals surface area contributed by atoms with Gasteiger partial charge in [-0.1, -0.05) is 133 Å². The van der Waals surface area contributed by atoms with Gasteiger partial charge in [-0.25, -0.2) is 9.97 Å². The number of aromatic nitrogens is 4. The number of hydrogen-bond acceptors (Lipinski definition) is 3. The summed E-state index contributed by atoms with van der Waals surface area (Å²) in [5.74, 6) is 0.646. The quantitative estimate of drug-likeness (QED) is 0.168. The average Bonchev–Trinajstić information content (AvgIpc) is 3.93. The number of fused-ring (bicyclic) bond motifs is 10. The van der Waals surface area contributed by atoms with Crippen LogP contribution in [0.25, 0.3) is 119 Å². The fraction of sp³-hybridized carbons (Fsp3) is 0. The Morgan fingerprint density at radius 3 is 1.77 bits per heavy atom. The smallest absolute Gasteiger partial charge is 0.235 e. The summed E-state index contributed by atoms with van der Waals surface area (Å²) in [5, 5.41) is 12.6. The highest BCUT2D eigenvalue weighted by Gasteiger charge is 2.26. The molecule has 0 fully saturated rings. The molecule has 57 heavy (non-hydrogen) atoms. The predicted molar refractivity (Wildman–Crippen MR) is 241 cm³/mol. The van der Waals surface area contributed by atoms with E-state index in [1.807, 2.05) is 11.3 Å². The third kappa shape index (κ3) is 4.32. The lowest BCUT2D eigenvalue weighted by Crippen LogP contribution is -2.04. The second kappa shape index (κ2) is 11.6. The van der Waals surface area contributed by atoms with Crippen LogP contribution in [0.15, 0.2) is 182 Å². The third-order valence-corrected chi connectivity index (χ3v) is 13.0. The van der Waals surface area contributed by atoms with Crippen LogP contribution >= 0.6 is 11.3 Å². The second-order valence-corrected chi connectivity index (χ2v) is 16.0. The molecule has 4 aromatic heterocycles. The molecule has 0 bridgehead atoms. The maximum atomic E-state index is 5.50. The van der Waals surface area contributed by atoms with Gasteiger partial charge in [-0.05, 0) is 64.7 Å². The van der Waals surface area contributed by atoms with E-state index >= 15 is 0 Å². The molecule has 264 valence electrons. The van der Waals surface area contributed by atoms with Crippen LogP contribution in [0.3, 0.4) is 0 Å². The van der Waals surface area contributed by atoms with Gasteiger partial charge < -0.3 is 4.57 Å². The Morgan fingerprint density at radius 1 is 0.333 bits per heavy atom. The normalized spacial score (nSPS) is 12.2. The van der Waals surface area contributed by atoms with Crippen LogP contribution in [0.2, 0.25) is 0 Å². The molecule has 9 aromatic carbocycles. The Hall–Kier alpha value is -7.34. The number of nitrogens with zero attached hydrogens (tertiary/aromatic N) is 4. The van der Waals surface area contributed by atoms with E-state index in [1.165, 1.54) is 74.3 Å². The highest BCUT2D eigenvalue weighted by molar-refractivity contribution is 7.25. The largest absolute Gasteiger partial charge is 0.309 e. The standard InChI is InChI=1S/C52H30N4S/c1-3-14-31(15-4-1)40-29-41(32-26-27-36-35-19-10-12-25-46(35)57-47(36)28-32)54-52(53-40)56-42-23-11-9-21-39(42)49-44(56)30-45-51-48-37(34-18-7-8-20-38(34)50(49)51)22-13-24-43(48)55(45)33-16-5-2-6-17-33/h1-30H. The summed E-state index contributed by atoms with van der Waals surface area (Å²) in [6.07, 6.45) is 0. The Morgan fingerprint density at radius 2 is 0.930 bits per heavy atom. The zero-order chi connectivity index (χ0) is 37.2. The van der Waals surface area contributed by atoms with Gasteiger partial charge in [-0.3, -0.25) is 4.57 Å². The Labute approximate surface area is 330 Å². The number of rotatable bonds is 4. The van der Waals surface area contributed by atoms with Crippen LogP contribution in [0.1, 0.15) is 0 Å². The minimum Gasteiger partial charge on any atom is -0.309 e. The SMILES string of the molecule is c1ccc(-c2cc(-c3ccc4c(c3)sc3ccccc34)nc(-n3c4ccccc4c4c5c6ccccc6c6cccc7c6c5c(cc43)n7-c3ccccc3)n2)cc1. The third-order valence-electron chi connectivity index (χ3n) is 11.9. The highest BCUT2D eigenvalue weighted by Crippen LogP contribution is 2.49. The van der Waals surface area contributed by atoms with Gasteiger partial charge >= 0.3 is 0 Å².